The summed E-state index contributed by atoms with van der Waals surface area (Å²) in [6.07, 6.45) is 3.64. The molecule has 0 unspecified atom stereocenters. The summed E-state index contributed by atoms with van der Waals surface area (Å²) >= 11 is 0. The molecule has 0 spiro atoms. The van der Waals surface area contributed by atoms with Crippen molar-refractivity contribution in [2.45, 2.75) is 46.1 Å². The molecule has 2 heteroatoms. The van der Waals surface area contributed by atoms with E-state index in [-0.39, 0.29) is 5.92 Å². The van der Waals surface area contributed by atoms with Crippen LogP contribution in [-0.4, -0.2) is 23.4 Å². The molecule has 0 aromatic heterocycles. The standard InChI is InChI=1S/C10H19NO/c1-8(2)10(12)11-7-5-4-6-9(11)3/h8-9H,4-7H2,1-3H3/t9-/m1/s1. The zero-order valence-corrected chi connectivity index (χ0v) is 8.34. The molecule has 12 heavy (non-hydrogen) atoms. The number of amides is 1. The Hall–Kier alpha value is -0.530. The number of piperidine rings is 1. The van der Waals surface area contributed by atoms with Crippen LogP contribution in [-0.2, 0) is 4.79 Å². The van der Waals surface area contributed by atoms with Crippen LogP contribution in [0, 0.1) is 5.92 Å². The van der Waals surface area contributed by atoms with E-state index in [0.29, 0.717) is 11.9 Å². The second kappa shape index (κ2) is 3.92. The zero-order chi connectivity index (χ0) is 9.14. The Labute approximate surface area is 74.9 Å². The molecule has 0 saturated carbocycles. The minimum Gasteiger partial charge on any atom is -0.340 e. The summed E-state index contributed by atoms with van der Waals surface area (Å²) in [5.41, 5.74) is 0. The fourth-order valence-corrected chi connectivity index (χ4v) is 1.76. The normalized spacial score (nSPS) is 24.7. The first-order chi connectivity index (χ1) is 5.63. The monoisotopic (exact) mass is 169 g/mol. The Morgan fingerprint density at radius 3 is 2.58 bits per heavy atom. The first kappa shape index (κ1) is 9.56. The van der Waals surface area contributed by atoms with Crippen molar-refractivity contribution in [3.63, 3.8) is 0 Å². The van der Waals surface area contributed by atoms with Crippen molar-refractivity contribution in [3.8, 4) is 0 Å². The van der Waals surface area contributed by atoms with Crippen molar-refractivity contribution in [1.82, 2.24) is 4.90 Å². The topological polar surface area (TPSA) is 20.3 Å². The first-order valence-corrected chi connectivity index (χ1v) is 4.93. The van der Waals surface area contributed by atoms with E-state index in [2.05, 4.69) is 6.92 Å². The van der Waals surface area contributed by atoms with Gasteiger partial charge in [0.05, 0.1) is 0 Å². The number of nitrogens with zero attached hydrogens (tertiary/aromatic N) is 1. The fraction of sp³-hybridized carbons (Fsp3) is 0.900. The first-order valence-electron chi connectivity index (χ1n) is 4.93. The summed E-state index contributed by atoms with van der Waals surface area (Å²) in [5, 5.41) is 0. The van der Waals surface area contributed by atoms with Gasteiger partial charge in [-0.05, 0) is 26.2 Å². The molecule has 1 atom stereocenters. The van der Waals surface area contributed by atoms with E-state index in [9.17, 15) is 4.79 Å². The van der Waals surface area contributed by atoms with Crippen LogP contribution in [0.3, 0.4) is 0 Å². The quantitative estimate of drug-likeness (QED) is 0.588. The molecule has 1 fully saturated rings. The molecule has 1 rings (SSSR count). The van der Waals surface area contributed by atoms with Gasteiger partial charge >= 0.3 is 0 Å². The molecule has 0 aromatic rings. The van der Waals surface area contributed by atoms with Gasteiger partial charge in [-0.3, -0.25) is 4.79 Å². The highest BCUT2D eigenvalue weighted by atomic mass is 16.2. The second-order valence-corrected chi connectivity index (χ2v) is 4.03. The lowest BCUT2D eigenvalue weighted by atomic mass is 10.0. The van der Waals surface area contributed by atoms with E-state index < -0.39 is 0 Å². The molecule has 0 N–H and O–H groups in total. The zero-order valence-electron chi connectivity index (χ0n) is 8.34. The third-order valence-corrected chi connectivity index (χ3v) is 2.58. The van der Waals surface area contributed by atoms with Gasteiger partial charge in [-0.1, -0.05) is 13.8 Å². The third kappa shape index (κ3) is 1.99. The van der Waals surface area contributed by atoms with Gasteiger partial charge in [-0.15, -0.1) is 0 Å². The number of likely N-dealkylation sites (tertiary alicyclic amines) is 1. The molecule has 1 aliphatic heterocycles. The number of rotatable bonds is 1. The van der Waals surface area contributed by atoms with Gasteiger partial charge in [-0.2, -0.15) is 0 Å². The van der Waals surface area contributed by atoms with Crippen molar-refractivity contribution in [1.29, 1.82) is 0 Å². The van der Waals surface area contributed by atoms with Crippen molar-refractivity contribution in [2.24, 2.45) is 5.92 Å². The predicted molar refractivity (Wildman–Crippen MR) is 49.9 cm³/mol. The minimum absolute atomic E-state index is 0.158. The predicted octanol–water partition coefficient (Wildman–Crippen LogP) is 2.04. The molecule has 2 nitrogen and oxygen atoms in total. The maximum Gasteiger partial charge on any atom is 0.225 e. The number of carbonyl (C=O) groups is 1. The average molecular weight is 169 g/mol. The van der Waals surface area contributed by atoms with Gasteiger partial charge in [-0.25, -0.2) is 0 Å². The lowest BCUT2D eigenvalue weighted by Crippen LogP contribution is -2.43. The summed E-state index contributed by atoms with van der Waals surface area (Å²) in [5.74, 6) is 0.479. The maximum absolute atomic E-state index is 11.6. The SMILES string of the molecule is CC(C)C(=O)N1CCCC[C@H]1C. The van der Waals surface area contributed by atoms with E-state index in [4.69, 9.17) is 0 Å². The molecule has 1 heterocycles. The molecular formula is C10H19NO. The van der Waals surface area contributed by atoms with Crippen LogP contribution in [0.1, 0.15) is 40.0 Å². The molecular weight excluding hydrogens is 150 g/mol. The molecule has 0 aromatic carbocycles. The van der Waals surface area contributed by atoms with Crippen molar-refractivity contribution >= 4 is 5.91 Å². The molecule has 0 aliphatic carbocycles. The number of carbonyl (C=O) groups excluding carboxylic acids is 1. The van der Waals surface area contributed by atoms with E-state index in [0.717, 1.165) is 6.54 Å². The Morgan fingerprint density at radius 1 is 1.42 bits per heavy atom. The molecule has 0 bridgehead atoms. The van der Waals surface area contributed by atoms with Crippen LogP contribution < -0.4 is 0 Å². The van der Waals surface area contributed by atoms with E-state index in [1.807, 2.05) is 18.7 Å². The molecule has 1 amide bonds. The summed E-state index contributed by atoms with van der Waals surface area (Å²) in [6.45, 7) is 7.07. The van der Waals surface area contributed by atoms with Gasteiger partial charge in [0.15, 0.2) is 0 Å². The van der Waals surface area contributed by atoms with Crippen molar-refractivity contribution in [2.75, 3.05) is 6.54 Å². The lowest BCUT2D eigenvalue weighted by Gasteiger charge is -2.34. The highest BCUT2D eigenvalue weighted by molar-refractivity contribution is 5.78. The van der Waals surface area contributed by atoms with E-state index in [1.54, 1.807) is 0 Å². The fourth-order valence-electron chi connectivity index (χ4n) is 1.76. The van der Waals surface area contributed by atoms with E-state index in [1.165, 1.54) is 19.3 Å². The van der Waals surface area contributed by atoms with Crippen LogP contribution in [0.25, 0.3) is 0 Å². The number of hydrogen-bond acceptors (Lipinski definition) is 1. The smallest absolute Gasteiger partial charge is 0.225 e. The Kier molecular flexibility index (Phi) is 3.12. The van der Waals surface area contributed by atoms with Crippen molar-refractivity contribution in [3.05, 3.63) is 0 Å². The highest BCUT2D eigenvalue weighted by Crippen LogP contribution is 2.18. The van der Waals surface area contributed by atoms with Gasteiger partial charge in [0.1, 0.15) is 0 Å². The largest absolute Gasteiger partial charge is 0.340 e. The maximum atomic E-state index is 11.6. The molecule has 1 aliphatic rings. The van der Waals surface area contributed by atoms with Crippen LogP contribution in [0.15, 0.2) is 0 Å². The highest BCUT2D eigenvalue weighted by Gasteiger charge is 2.24. The van der Waals surface area contributed by atoms with Crippen molar-refractivity contribution < 1.29 is 4.79 Å². The van der Waals surface area contributed by atoms with Gasteiger partial charge in [0.2, 0.25) is 5.91 Å². The third-order valence-electron chi connectivity index (χ3n) is 2.58. The average Bonchev–Trinajstić information content (AvgIpc) is 2.04. The summed E-state index contributed by atoms with van der Waals surface area (Å²) in [7, 11) is 0. The van der Waals surface area contributed by atoms with Gasteiger partial charge < -0.3 is 4.90 Å². The summed E-state index contributed by atoms with van der Waals surface area (Å²) in [6, 6.07) is 0.466. The summed E-state index contributed by atoms with van der Waals surface area (Å²) < 4.78 is 0. The molecule has 1 saturated heterocycles. The number of hydrogen-bond donors (Lipinski definition) is 0. The van der Waals surface area contributed by atoms with Gasteiger partial charge in [0.25, 0.3) is 0 Å². The van der Waals surface area contributed by atoms with Crippen LogP contribution in [0.4, 0.5) is 0 Å². The molecule has 0 radical (unpaired) electrons. The minimum atomic E-state index is 0.158. The van der Waals surface area contributed by atoms with Crippen LogP contribution in [0.5, 0.6) is 0 Å². The molecule has 70 valence electrons. The van der Waals surface area contributed by atoms with Crippen LogP contribution in [0.2, 0.25) is 0 Å². The Bertz CT molecular complexity index is 165. The Morgan fingerprint density at radius 2 is 2.08 bits per heavy atom. The summed E-state index contributed by atoms with van der Waals surface area (Å²) in [4.78, 5) is 13.7. The van der Waals surface area contributed by atoms with Crippen LogP contribution >= 0.6 is 0 Å². The second-order valence-electron chi connectivity index (χ2n) is 4.03. The Balaban J connectivity index is 2.53. The van der Waals surface area contributed by atoms with Gasteiger partial charge in [0, 0.05) is 18.5 Å². The lowest BCUT2D eigenvalue weighted by molar-refractivity contribution is -0.137. The van der Waals surface area contributed by atoms with E-state index >= 15 is 0 Å².